The molecule has 0 radical (unpaired) electrons. The van der Waals surface area contributed by atoms with Crippen LogP contribution in [0.15, 0.2) is 29.4 Å². The number of aryl methyl sites for hydroxylation is 2. The van der Waals surface area contributed by atoms with Gasteiger partial charge in [0.25, 0.3) is 0 Å². The Morgan fingerprint density at radius 3 is 2.55 bits per heavy atom. The second-order valence-corrected chi connectivity index (χ2v) is 6.80. The predicted octanol–water partition coefficient (Wildman–Crippen LogP) is 3.41. The summed E-state index contributed by atoms with van der Waals surface area (Å²) in [4.78, 5) is 15.8. The van der Waals surface area contributed by atoms with Crippen molar-refractivity contribution in [2.24, 2.45) is 0 Å². The number of carboxylic acids is 1. The van der Waals surface area contributed by atoms with Crippen LogP contribution in [0.3, 0.4) is 0 Å². The third-order valence-electron chi connectivity index (χ3n) is 3.37. The van der Waals surface area contributed by atoms with E-state index < -0.39 is 11.2 Å². The molecule has 2 aromatic rings. The van der Waals surface area contributed by atoms with Crippen molar-refractivity contribution >= 4 is 17.7 Å². The monoisotopic (exact) mass is 319 g/mol. The highest BCUT2D eigenvalue weighted by Crippen LogP contribution is 2.25. The van der Waals surface area contributed by atoms with Crippen LogP contribution >= 0.6 is 11.8 Å². The number of thioether (sulfide) groups is 1. The van der Waals surface area contributed by atoms with Gasteiger partial charge >= 0.3 is 5.97 Å². The number of aromatic nitrogens is 3. The Balaban J connectivity index is 1.97. The van der Waals surface area contributed by atoms with E-state index in [1.807, 2.05) is 45.0 Å². The summed E-state index contributed by atoms with van der Waals surface area (Å²) in [7, 11) is 0. The summed E-state index contributed by atoms with van der Waals surface area (Å²) < 4.78 is 0. The van der Waals surface area contributed by atoms with Crippen LogP contribution in [0.25, 0.3) is 0 Å². The highest BCUT2D eigenvalue weighted by molar-refractivity contribution is 8.00. The third-order valence-corrected chi connectivity index (χ3v) is 4.48. The molecule has 0 aliphatic heterocycles. The molecule has 0 saturated heterocycles. The summed E-state index contributed by atoms with van der Waals surface area (Å²) in [5, 5.41) is 16.3. The van der Waals surface area contributed by atoms with Gasteiger partial charge in [0.1, 0.15) is 11.1 Å². The Morgan fingerprint density at radius 1 is 1.32 bits per heavy atom. The van der Waals surface area contributed by atoms with Crippen molar-refractivity contribution in [3.05, 3.63) is 41.2 Å². The van der Waals surface area contributed by atoms with Crippen LogP contribution in [0.5, 0.6) is 0 Å². The summed E-state index contributed by atoms with van der Waals surface area (Å²) in [6.07, 6.45) is 1.28. The SMILES string of the molecule is Cc1ccc(CCC(Sc2n[nH]c(C(C)C)n2)C(=O)O)cc1. The number of benzene rings is 1. The van der Waals surface area contributed by atoms with Gasteiger partial charge in [-0.05, 0) is 25.3 Å². The summed E-state index contributed by atoms with van der Waals surface area (Å²) in [5.74, 6) is 0.205. The van der Waals surface area contributed by atoms with E-state index in [1.54, 1.807) is 0 Å². The minimum absolute atomic E-state index is 0.248. The summed E-state index contributed by atoms with van der Waals surface area (Å²) in [6, 6.07) is 8.18. The topological polar surface area (TPSA) is 78.9 Å². The number of nitrogens with one attached hydrogen (secondary N) is 1. The molecule has 2 N–H and O–H groups in total. The van der Waals surface area contributed by atoms with Crippen molar-refractivity contribution < 1.29 is 9.90 Å². The fraction of sp³-hybridized carbons (Fsp3) is 0.438. The van der Waals surface area contributed by atoms with Crippen molar-refractivity contribution in [2.75, 3.05) is 0 Å². The highest BCUT2D eigenvalue weighted by Gasteiger charge is 2.21. The van der Waals surface area contributed by atoms with Crippen LogP contribution in [0.1, 0.15) is 43.1 Å². The highest BCUT2D eigenvalue weighted by atomic mass is 32.2. The lowest BCUT2D eigenvalue weighted by Crippen LogP contribution is -2.17. The lowest BCUT2D eigenvalue weighted by atomic mass is 10.1. The van der Waals surface area contributed by atoms with Crippen LogP contribution in [0, 0.1) is 6.92 Å². The molecule has 0 spiro atoms. The van der Waals surface area contributed by atoms with Gasteiger partial charge in [0.05, 0.1) is 0 Å². The molecule has 5 nitrogen and oxygen atoms in total. The number of hydrogen-bond acceptors (Lipinski definition) is 4. The minimum Gasteiger partial charge on any atom is -0.480 e. The van der Waals surface area contributed by atoms with E-state index in [-0.39, 0.29) is 5.92 Å². The first-order valence-corrected chi connectivity index (χ1v) is 8.21. The molecule has 0 bridgehead atoms. The molecule has 118 valence electrons. The zero-order chi connectivity index (χ0) is 16.1. The molecular weight excluding hydrogens is 298 g/mol. The average Bonchev–Trinajstić information content (AvgIpc) is 2.93. The van der Waals surface area contributed by atoms with Gasteiger partial charge in [-0.25, -0.2) is 4.98 Å². The Hall–Kier alpha value is -1.82. The van der Waals surface area contributed by atoms with Gasteiger partial charge < -0.3 is 5.11 Å². The van der Waals surface area contributed by atoms with Gasteiger partial charge in [-0.15, -0.1) is 5.10 Å². The summed E-state index contributed by atoms with van der Waals surface area (Å²) >= 11 is 1.20. The number of H-pyrrole nitrogens is 1. The smallest absolute Gasteiger partial charge is 0.317 e. The number of aliphatic carboxylic acids is 1. The fourth-order valence-electron chi connectivity index (χ4n) is 1.98. The van der Waals surface area contributed by atoms with Crippen LogP contribution < -0.4 is 0 Å². The van der Waals surface area contributed by atoms with Crippen molar-refractivity contribution in [2.45, 2.75) is 49.9 Å². The van der Waals surface area contributed by atoms with Crippen molar-refractivity contribution in [3.63, 3.8) is 0 Å². The first kappa shape index (κ1) is 16.5. The number of rotatable bonds is 7. The molecular formula is C16H21N3O2S. The summed E-state index contributed by atoms with van der Waals surface area (Å²) in [6.45, 7) is 6.07. The van der Waals surface area contributed by atoms with E-state index in [0.29, 0.717) is 11.6 Å². The van der Waals surface area contributed by atoms with Crippen LogP contribution in [-0.4, -0.2) is 31.5 Å². The molecule has 22 heavy (non-hydrogen) atoms. The number of hydrogen-bond donors (Lipinski definition) is 2. The van der Waals surface area contributed by atoms with Gasteiger partial charge in [0.2, 0.25) is 5.16 Å². The van der Waals surface area contributed by atoms with Crippen LogP contribution in [0.2, 0.25) is 0 Å². The molecule has 1 atom stereocenters. The zero-order valence-electron chi connectivity index (χ0n) is 13.0. The maximum Gasteiger partial charge on any atom is 0.317 e. The van der Waals surface area contributed by atoms with Gasteiger partial charge in [0, 0.05) is 5.92 Å². The molecule has 0 fully saturated rings. The Kier molecular flexibility index (Phi) is 5.60. The molecule has 1 unspecified atom stereocenters. The molecule has 0 saturated carbocycles. The van der Waals surface area contributed by atoms with E-state index in [4.69, 9.17) is 0 Å². The Bertz CT molecular complexity index is 623. The molecule has 2 rings (SSSR count). The van der Waals surface area contributed by atoms with Crippen LogP contribution in [-0.2, 0) is 11.2 Å². The van der Waals surface area contributed by atoms with Crippen molar-refractivity contribution in [3.8, 4) is 0 Å². The summed E-state index contributed by atoms with van der Waals surface area (Å²) in [5.41, 5.74) is 2.35. The minimum atomic E-state index is -0.826. The van der Waals surface area contributed by atoms with Gasteiger partial charge in [0.15, 0.2) is 0 Å². The second kappa shape index (κ2) is 7.45. The fourth-order valence-corrected chi connectivity index (χ4v) is 2.82. The van der Waals surface area contributed by atoms with Crippen molar-refractivity contribution in [1.29, 1.82) is 0 Å². The maximum atomic E-state index is 11.4. The lowest BCUT2D eigenvalue weighted by Gasteiger charge is -2.10. The largest absolute Gasteiger partial charge is 0.480 e. The van der Waals surface area contributed by atoms with Gasteiger partial charge in [-0.1, -0.05) is 55.4 Å². The van der Waals surface area contributed by atoms with Crippen LogP contribution in [0.4, 0.5) is 0 Å². The quantitative estimate of drug-likeness (QED) is 0.765. The molecule has 1 aromatic heterocycles. The Labute approximate surface area is 134 Å². The molecule has 0 amide bonds. The molecule has 0 aliphatic rings. The van der Waals surface area contributed by atoms with E-state index >= 15 is 0 Å². The molecule has 0 aliphatic carbocycles. The standard InChI is InChI=1S/C16H21N3O2S/c1-10(2)14-17-16(19-18-14)22-13(15(20)21)9-8-12-6-4-11(3)5-7-12/h4-7,10,13H,8-9H2,1-3H3,(H,20,21)(H,17,18,19). The Morgan fingerprint density at radius 2 is 2.00 bits per heavy atom. The predicted molar refractivity (Wildman–Crippen MR) is 87.3 cm³/mol. The first-order chi connectivity index (χ1) is 10.5. The number of aromatic amines is 1. The van der Waals surface area contributed by atoms with Gasteiger partial charge in [-0.2, -0.15) is 0 Å². The van der Waals surface area contributed by atoms with E-state index in [0.717, 1.165) is 17.8 Å². The zero-order valence-corrected chi connectivity index (χ0v) is 13.9. The first-order valence-electron chi connectivity index (χ1n) is 7.33. The number of carboxylic acid groups (broad SMARTS) is 1. The number of nitrogens with zero attached hydrogens (tertiary/aromatic N) is 2. The molecule has 1 aromatic carbocycles. The molecule has 6 heteroatoms. The van der Waals surface area contributed by atoms with E-state index in [1.165, 1.54) is 17.3 Å². The normalized spacial score (nSPS) is 12.5. The average molecular weight is 319 g/mol. The maximum absolute atomic E-state index is 11.4. The lowest BCUT2D eigenvalue weighted by molar-refractivity contribution is -0.136. The van der Waals surface area contributed by atoms with Crippen molar-refractivity contribution in [1.82, 2.24) is 15.2 Å². The van der Waals surface area contributed by atoms with Gasteiger partial charge in [-0.3, -0.25) is 9.89 Å². The molecule has 1 heterocycles. The van der Waals surface area contributed by atoms with E-state index in [9.17, 15) is 9.90 Å². The number of carbonyl (C=O) groups is 1. The van der Waals surface area contributed by atoms with E-state index in [2.05, 4.69) is 15.2 Å². The third kappa shape index (κ3) is 4.59. The second-order valence-electron chi connectivity index (χ2n) is 5.63.